The maximum absolute atomic E-state index is 11.9. The van der Waals surface area contributed by atoms with Gasteiger partial charge in [-0.2, -0.15) is 11.8 Å². The van der Waals surface area contributed by atoms with E-state index in [2.05, 4.69) is 0 Å². The van der Waals surface area contributed by atoms with Crippen LogP contribution in [0.1, 0.15) is 6.92 Å². The molecule has 6 heteroatoms. The van der Waals surface area contributed by atoms with Gasteiger partial charge < -0.3 is 14.9 Å². The number of carbonyl (C=O) groups is 2. The van der Waals surface area contributed by atoms with Crippen LogP contribution in [0.15, 0.2) is 0 Å². The third kappa shape index (κ3) is 3.52. The molecule has 0 bridgehead atoms. The van der Waals surface area contributed by atoms with Crippen LogP contribution in [-0.4, -0.2) is 65.6 Å². The zero-order valence-electron chi connectivity index (χ0n) is 10.5. The lowest BCUT2D eigenvalue weighted by Gasteiger charge is -2.42. The molecule has 1 N–H and O–H groups in total. The molecule has 17 heavy (non-hydrogen) atoms. The molecule has 1 fully saturated rings. The Morgan fingerprint density at radius 2 is 2.12 bits per heavy atom. The van der Waals surface area contributed by atoms with Crippen LogP contribution >= 0.6 is 11.8 Å². The highest BCUT2D eigenvalue weighted by molar-refractivity contribution is 7.98. The number of urea groups is 1. The van der Waals surface area contributed by atoms with Gasteiger partial charge in [0.2, 0.25) is 0 Å². The van der Waals surface area contributed by atoms with Crippen molar-refractivity contribution in [3.05, 3.63) is 0 Å². The molecule has 1 atom stereocenters. The predicted molar refractivity (Wildman–Crippen MR) is 68.3 cm³/mol. The highest BCUT2D eigenvalue weighted by Gasteiger charge is 2.37. The van der Waals surface area contributed by atoms with Gasteiger partial charge in [-0.3, -0.25) is 4.79 Å². The number of carboxylic acids is 1. The lowest BCUT2D eigenvalue weighted by Crippen LogP contribution is -2.56. The number of carbonyl (C=O) groups excluding carboxylic acids is 1. The van der Waals surface area contributed by atoms with E-state index in [0.29, 0.717) is 13.1 Å². The largest absolute Gasteiger partial charge is 0.481 e. The Labute approximate surface area is 106 Å². The summed E-state index contributed by atoms with van der Waals surface area (Å²) in [4.78, 5) is 26.0. The van der Waals surface area contributed by atoms with Crippen molar-refractivity contribution in [2.24, 2.45) is 11.8 Å². The number of carboxylic acid groups (broad SMARTS) is 1. The smallest absolute Gasteiger partial charge is 0.319 e. The Morgan fingerprint density at radius 1 is 1.53 bits per heavy atom. The number of thioether (sulfide) groups is 1. The van der Waals surface area contributed by atoms with E-state index in [0.717, 1.165) is 12.3 Å². The molecule has 5 nitrogen and oxygen atoms in total. The highest BCUT2D eigenvalue weighted by Crippen LogP contribution is 2.24. The Kier molecular flexibility index (Phi) is 5.11. The minimum atomic E-state index is -0.780. The first-order chi connectivity index (χ1) is 7.97. The Hall–Kier alpha value is -0.910. The molecule has 1 saturated heterocycles. The third-order valence-electron chi connectivity index (χ3n) is 3.23. The predicted octanol–water partition coefficient (Wildman–Crippen LogP) is 1.05. The second-order valence-corrected chi connectivity index (χ2v) is 5.47. The van der Waals surface area contributed by atoms with E-state index in [9.17, 15) is 9.59 Å². The zero-order valence-corrected chi connectivity index (χ0v) is 11.4. The van der Waals surface area contributed by atoms with Crippen LogP contribution in [0.25, 0.3) is 0 Å². The molecule has 0 spiro atoms. The molecule has 2 amide bonds. The van der Waals surface area contributed by atoms with Crippen LogP contribution < -0.4 is 0 Å². The number of hydrogen-bond acceptors (Lipinski definition) is 3. The summed E-state index contributed by atoms with van der Waals surface area (Å²) >= 11 is 1.70. The summed E-state index contributed by atoms with van der Waals surface area (Å²) in [5.41, 5.74) is 0. The van der Waals surface area contributed by atoms with Gasteiger partial charge in [-0.15, -0.1) is 0 Å². The van der Waals surface area contributed by atoms with Crippen molar-refractivity contribution in [2.45, 2.75) is 6.92 Å². The summed E-state index contributed by atoms with van der Waals surface area (Å²) < 4.78 is 0. The Balaban J connectivity index is 2.32. The zero-order chi connectivity index (χ0) is 13.0. The van der Waals surface area contributed by atoms with Crippen molar-refractivity contribution in [1.29, 1.82) is 0 Å². The average Bonchev–Trinajstić information content (AvgIpc) is 2.23. The molecular weight excluding hydrogens is 240 g/mol. The molecule has 0 aromatic heterocycles. The number of rotatable bonds is 5. The minimum absolute atomic E-state index is 0.00730. The van der Waals surface area contributed by atoms with Gasteiger partial charge in [0.1, 0.15) is 0 Å². The van der Waals surface area contributed by atoms with Gasteiger partial charge in [0.15, 0.2) is 0 Å². The van der Waals surface area contributed by atoms with Crippen molar-refractivity contribution < 1.29 is 14.7 Å². The minimum Gasteiger partial charge on any atom is -0.481 e. The fourth-order valence-electron chi connectivity index (χ4n) is 1.75. The Morgan fingerprint density at radius 3 is 2.59 bits per heavy atom. The van der Waals surface area contributed by atoms with Crippen LogP contribution in [0.4, 0.5) is 4.79 Å². The molecular formula is C11H20N2O3S. The Bertz CT molecular complexity index is 292. The van der Waals surface area contributed by atoms with E-state index in [4.69, 9.17) is 5.11 Å². The lowest BCUT2D eigenvalue weighted by molar-refractivity contribution is -0.144. The molecule has 1 heterocycles. The number of aliphatic carboxylic acids is 1. The van der Waals surface area contributed by atoms with Gasteiger partial charge in [-0.25, -0.2) is 4.79 Å². The monoisotopic (exact) mass is 260 g/mol. The van der Waals surface area contributed by atoms with Gasteiger partial charge in [0, 0.05) is 38.4 Å². The van der Waals surface area contributed by atoms with E-state index in [1.54, 1.807) is 35.5 Å². The van der Waals surface area contributed by atoms with Crippen molar-refractivity contribution in [3.8, 4) is 0 Å². The molecule has 0 aliphatic carbocycles. The van der Waals surface area contributed by atoms with Crippen molar-refractivity contribution >= 4 is 23.8 Å². The molecule has 1 unspecified atom stereocenters. The fraction of sp³-hybridized carbons (Fsp3) is 0.818. The molecule has 1 rings (SSSR count). The summed E-state index contributed by atoms with van der Waals surface area (Å²) in [6.45, 7) is 3.56. The summed E-state index contributed by atoms with van der Waals surface area (Å²) in [6.07, 6.45) is 2.01. The van der Waals surface area contributed by atoms with E-state index in [1.807, 2.05) is 6.26 Å². The number of amides is 2. The van der Waals surface area contributed by atoms with Gasteiger partial charge in [0.05, 0.1) is 5.92 Å². The van der Waals surface area contributed by atoms with E-state index < -0.39 is 5.97 Å². The van der Waals surface area contributed by atoms with Crippen molar-refractivity contribution in [1.82, 2.24) is 9.80 Å². The maximum atomic E-state index is 11.9. The van der Waals surface area contributed by atoms with Crippen LogP contribution in [0.3, 0.4) is 0 Å². The average molecular weight is 260 g/mol. The molecule has 1 aliphatic heterocycles. The summed E-state index contributed by atoms with van der Waals surface area (Å²) in [7, 11) is 1.78. The third-order valence-corrected chi connectivity index (χ3v) is 3.83. The second-order valence-electron chi connectivity index (χ2n) is 4.49. The van der Waals surface area contributed by atoms with E-state index in [-0.39, 0.29) is 17.9 Å². The molecule has 1 aliphatic rings. The van der Waals surface area contributed by atoms with Crippen molar-refractivity contribution in [3.63, 3.8) is 0 Å². The van der Waals surface area contributed by atoms with Crippen LogP contribution in [0, 0.1) is 11.8 Å². The van der Waals surface area contributed by atoms with Crippen molar-refractivity contribution in [2.75, 3.05) is 38.7 Å². The first-order valence-electron chi connectivity index (χ1n) is 5.69. The lowest BCUT2D eigenvalue weighted by atomic mass is 9.87. The SMILES string of the molecule is CSCCN(C)C(=O)N1CC(C(C)C(=O)O)C1. The van der Waals surface area contributed by atoms with Crippen LogP contribution in [0.5, 0.6) is 0 Å². The molecule has 0 radical (unpaired) electrons. The second kappa shape index (κ2) is 6.14. The highest BCUT2D eigenvalue weighted by atomic mass is 32.2. The van der Waals surface area contributed by atoms with Gasteiger partial charge in [0.25, 0.3) is 0 Å². The van der Waals surface area contributed by atoms with Crippen LogP contribution in [0.2, 0.25) is 0 Å². The quantitative estimate of drug-likeness (QED) is 0.803. The molecule has 0 aromatic rings. The normalized spacial score (nSPS) is 17.5. The number of likely N-dealkylation sites (tertiary alicyclic amines) is 1. The summed E-state index contributed by atoms with van der Waals surface area (Å²) in [5, 5.41) is 8.85. The van der Waals surface area contributed by atoms with E-state index in [1.165, 1.54) is 0 Å². The first kappa shape index (κ1) is 14.2. The summed E-state index contributed by atoms with van der Waals surface area (Å²) in [6, 6.07) is 0.00730. The number of hydrogen-bond donors (Lipinski definition) is 1. The summed E-state index contributed by atoms with van der Waals surface area (Å²) in [5.74, 6) is -0.121. The van der Waals surface area contributed by atoms with Gasteiger partial charge in [-0.1, -0.05) is 6.92 Å². The van der Waals surface area contributed by atoms with Gasteiger partial charge in [-0.05, 0) is 6.26 Å². The fourth-order valence-corrected chi connectivity index (χ4v) is 2.21. The van der Waals surface area contributed by atoms with E-state index >= 15 is 0 Å². The molecule has 98 valence electrons. The molecule has 0 saturated carbocycles. The standard InChI is InChI=1S/C11H20N2O3S/c1-8(10(14)15)9-6-13(7-9)11(16)12(2)4-5-17-3/h8-9H,4-7H2,1-3H3,(H,14,15). The number of nitrogens with zero attached hydrogens (tertiary/aromatic N) is 2. The van der Waals surface area contributed by atoms with Gasteiger partial charge >= 0.3 is 12.0 Å². The first-order valence-corrected chi connectivity index (χ1v) is 7.08. The maximum Gasteiger partial charge on any atom is 0.319 e. The molecule has 0 aromatic carbocycles. The topological polar surface area (TPSA) is 60.9 Å². The van der Waals surface area contributed by atoms with Crippen LogP contribution in [-0.2, 0) is 4.79 Å².